The summed E-state index contributed by atoms with van der Waals surface area (Å²) in [6.45, 7) is 8.70. The van der Waals surface area contributed by atoms with Gasteiger partial charge in [0.15, 0.2) is 0 Å². The summed E-state index contributed by atoms with van der Waals surface area (Å²) in [5, 5.41) is 3.52. The number of rotatable bonds is 2. The van der Waals surface area contributed by atoms with E-state index < -0.39 is 0 Å². The van der Waals surface area contributed by atoms with Crippen molar-refractivity contribution in [1.29, 1.82) is 0 Å². The maximum atomic E-state index is 6.11. The van der Waals surface area contributed by atoms with E-state index in [9.17, 15) is 0 Å². The van der Waals surface area contributed by atoms with Crippen LogP contribution < -0.4 is 5.32 Å². The molecule has 0 radical (unpaired) electrons. The van der Waals surface area contributed by atoms with Gasteiger partial charge in [0.05, 0.1) is 5.60 Å². The maximum absolute atomic E-state index is 6.11. The molecule has 0 aliphatic carbocycles. The summed E-state index contributed by atoms with van der Waals surface area (Å²) in [5.74, 6) is 0. The molecule has 15 heavy (non-hydrogen) atoms. The van der Waals surface area contributed by atoms with E-state index in [-0.39, 0.29) is 11.3 Å². The molecule has 0 aromatic rings. The van der Waals surface area contributed by atoms with Crippen LogP contribution in [0.25, 0.3) is 0 Å². The molecule has 2 aliphatic rings. The van der Waals surface area contributed by atoms with Crippen LogP contribution in [0, 0.1) is 0 Å². The van der Waals surface area contributed by atoms with Gasteiger partial charge in [-0.3, -0.25) is 5.32 Å². The van der Waals surface area contributed by atoms with Crippen molar-refractivity contribution in [2.24, 2.45) is 0 Å². The van der Waals surface area contributed by atoms with Gasteiger partial charge in [-0.25, -0.2) is 0 Å². The van der Waals surface area contributed by atoms with Gasteiger partial charge in [-0.2, -0.15) is 0 Å². The van der Waals surface area contributed by atoms with Crippen LogP contribution in [-0.4, -0.2) is 42.4 Å². The minimum Gasteiger partial charge on any atom is -0.354 e. The molecule has 0 aromatic carbocycles. The highest BCUT2D eigenvalue weighted by Crippen LogP contribution is 2.32. The average molecular weight is 212 g/mol. The Morgan fingerprint density at radius 1 is 1.40 bits per heavy atom. The highest BCUT2D eigenvalue weighted by Gasteiger charge is 2.42. The lowest BCUT2D eigenvalue weighted by Gasteiger charge is -2.32. The summed E-state index contributed by atoms with van der Waals surface area (Å²) in [7, 11) is 2.22. The van der Waals surface area contributed by atoms with Gasteiger partial charge >= 0.3 is 0 Å². The summed E-state index contributed by atoms with van der Waals surface area (Å²) >= 11 is 0. The van der Waals surface area contributed by atoms with Crippen LogP contribution in [0.15, 0.2) is 0 Å². The monoisotopic (exact) mass is 212 g/mol. The third-order valence-corrected chi connectivity index (χ3v) is 3.69. The lowest BCUT2D eigenvalue weighted by molar-refractivity contribution is -0.0913. The van der Waals surface area contributed by atoms with Gasteiger partial charge in [-0.05, 0) is 47.2 Å². The molecular formula is C12H24N2O. The molecule has 3 nitrogen and oxygen atoms in total. The summed E-state index contributed by atoms with van der Waals surface area (Å²) in [5.41, 5.74) is -0.126. The first-order valence-electron chi connectivity index (χ1n) is 6.06. The maximum Gasteiger partial charge on any atom is 0.118 e. The molecule has 2 aliphatic heterocycles. The van der Waals surface area contributed by atoms with E-state index in [2.05, 4.69) is 38.0 Å². The fraction of sp³-hybridized carbons (Fsp3) is 1.00. The molecule has 0 aromatic heterocycles. The quantitative estimate of drug-likeness (QED) is 0.752. The van der Waals surface area contributed by atoms with Crippen molar-refractivity contribution in [2.45, 2.75) is 57.4 Å². The van der Waals surface area contributed by atoms with Crippen LogP contribution in [0.1, 0.15) is 40.0 Å². The lowest BCUT2D eigenvalue weighted by atomic mass is 10.0. The second-order valence-electron chi connectivity index (χ2n) is 5.93. The molecule has 0 saturated carbocycles. The average Bonchev–Trinajstić information content (AvgIpc) is 2.59. The van der Waals surface area contributed by atoms with Gasteiger partial charge in [0.1, 0.15) is 5.72 Å². The molecule has 2 atom stereocenters. The largest absolute Gasteiger partial charge is 0.354 e. The Bertz CT molecular complexity index is 242. The van der Waals surface area contributed by atoms with Crippen molar-refractivity contribution in [3.8, 4) is 0 Å². The summed E-state index contributed by atoms with van der Waals surface area (Å²) in [6, 6.07) is 0.691. The molecule has 3 heteroatoms. The van der Waals surface area contributed by atoms with Crippen molar-refractivity contribution >= 4 is 0 Å². The molecule has 2 heterocycles. The van der Waals surface area contributed by atoms with E-state index in [1.165, 1.54) is 19.4 Å². The van der Waals surface area contributed by atoms with Gasteiger partial charge in [0, 0.05) is 19.0 Å². The minimum absolute atomic E-state index is 0.00801. The zero-order valence-electron chi connectivity index (χ0n) is 10.5. The number of nitrogens with zero attached hydrogens (tertiary/aromatic N) is 1. The number of hydrogen-bond acceptors (Lipinski definition) is 3. The van der Waals surface area contributed by atoms with Gasteiger partial charge in [-0.1, -0.05) is 0 Å². The standard InChI is InChI=1S/C12H24N2O/c1-11(2)9-13-12(3,15-11)8-10-6-5-7-14(10)4/h10,13H,5-9H2,1-4H3. The molecule has 88 valence electrons. The van der Waals surface area contributed by atoms with E-state index in [4.69, 9.17) is 4.74 Å². The number of nitrogens with one attached hydrogen (secondary N) is 1. The predicted octanol–water partition coefficient (Wildman–Crippen LogP) is 1.59. The number of likely N-dealkylation sites (tertiary alicyclic amines) is 1. The molecule has 2 unspecified atom stereocenters. The lowest BCUT2D eigenvalue weighted by Crippen LogP contribution is -2.43. The fourth-order valence-electron chi connectivity index (χ4n) is 2.88. The van der Waals surface area contributed by atoms with Crippen LogP contribution in [0.2, 0.25) is 0 Å². The zero-order valence-corrected chi connectivity index (χ0v) is 10.5. The summed E-state index contributed by atoms with van der Waals surface area (Å²) < 4.78 is 6.11. The third kappa shape index (κ3) is 2.52. The van der Waals surface area contributed by atoms with E-state index in [0.29, 0.717) is 6.04 Å². The molecule has 2 saturated heterocycles. The minimum atomic E-state index is -0.118. The summed E-state index contributed by atoms with van der Waals surface area (Å²) in [4.78, 5) is 2.46. The molecule has 0 spiro atoms. The van der Waals surface area contributed by atoms with Crippen molar-refractivity contribution in [2.75, 3.05) is 20.1 Å². The highest BCUT2D eigenvalue weighted by atomic mass is 16.5. The Hall–Kier alpha value is -0.120. The van der Waals surface area contributed by atoms with Crippen molar-refractivity contribution < 1.29 is 4.74 Å². The van der Waals surface area contributed by atoms with E-state index in [1.807, 2.05) is 0 Å². The second-order valence-corrected chi connectivity index (χ2v) is 5.93. The first kappa shape index (κ1) is 11.4. The van der Waals surface area contributed by atoms with Gasteiger partial charge < -0.3 is 9.64 Å². The van der Waals surface area contributed by atoms with Crippen LogP contribution >= 0.6 is 0 Å². The summed E-state index contributed by atoms with van der Waals surface area (Å²) in [6.07, 6.45) is 3.76. The first-order chi connectivity index (χ1) is 6.90. The van der Waals surface area contributed by atoms with E-state index in [1.54, 1.807) is 0 Å². The van der Waals surface area contributed by atoms with Crippen LogP contribution in [-0.2, 0) is 4.74 Å². The Balaban J connectivity index is 1.94. The van der Waals surface area contributed by atoms with Crippen molar-refractivity contribution in [1.82, 2.24) is 10.2 Å². The Kier molecular flexibility index (Phi) is 2.82. The van der Waals surface area contributed by atoms with E-state index >= 15 is 0 Å². The van der Waals surface area contributed by atoms with Crippen LogP contribution in [0.3, 0.4) is 0 Å². The number of ether oxygens (including phenoxy) is 1. The zero-order chi connectivity index (χ0) is 11.1. The molecule has 0 amide bonds. The molecule has 2 rings (SSSR count). The normalized spacial score (nSPS) is 41.2. The Morgan fingerprint density at radius 2 is 2.13 bits per heavy atom. The Morgan fingerprint density at radius 3 is 2.60 bits per heavy atom. The van der Waals surface area contributed by atoms with Crippen LogP contribution in [0.5, 0.6) is 0 Å². The molecule has 2 fully saturated rings. The van der Waals surface area contributed by atoms with Gasteiger partial charge in [-0.15, -0.1) is 0 Å². The molecular weight excluding hydrogens is 188 g/mol. The Labute approximate surface area is 93.2 Å². The van der Waals surface area contributed by atoms with Gasteiger partial charge in [0.25, 0.3) is 0 Å². The fourth-order valence-corrected chi connectivity index (χ4v) is 2.88. The smallest absolute Gasteiger partial charge is 0.118 e. The van der Waals surface area contributed by atoms with Crippen molar-refractivity contribution in [3.63, 3.8) is 0 Å². The number of hydrogen-bond donors (Lipinski definition) is 1. The predicted molar refractivity (Wildman–Crippen MR) is 61.8 cm³/mol. The van der Waals surface area contributed by atoms with E-state index in [0.717, 1.165) is 13.0 Å². The van der Waals surface area contributed by atoms with Gasteiger partial charge in [0.2, 0.25) is 0 Å². The first-order valence-corrected chi connectivity index (χ1v) is 6.06. The second kappa shape index (κ2) is 3.72. The topological polar surface area (TPSA) is 24.5 Å². The van der Waals surface area contributed by atoms with Crippen LogP contribution in [0.4, 0.5) is 0 Å². The third-order valence-electron chi connectivity index (χ3n) is 3.69. The molecule has 1 N–H and O–H groups in total. The molecule has 0 bridgehead atoms. The SMILES string of the molecule is CN1CCCC1CC1(C)NCC(C)(C)O1. The highest BCUT2D eigenvalue weighted by molar-refractivity contribution is 4.93. The van der Waals surface area contributed by atoms with Crippen molar-refractivity contribution in [3.05, 3.63) is 0 Å².